The fourth-order valence-corrected chi connectivity index (χ4v) is 3.13. The van der Waals surface area contributed by atoms with Crippen LogP contribution in [-0.2, 0) is 24.7 Å². The molecule has 1 N–H and O–H groups in total. The smallest absolute Gasteiger partial charge is 0.348 e. The van der Waals surface area contributed by atoms with Crippen molar-refractivity contribution in [1.82, 2.24) is 0 Å². The molecule has 2 rings (SSSR count). The summed E-state index contributed by atoms with van der Waals surface area (Å²) >= 11 is 0. The first kappa shape index (κ1) is 20.3. The molecule has 1 aliphatic rings. The van der Waals surface area contributed by atoms with Gasteiger partial charge in [-0.2, -0.15) is 0 Å². The number of phenolic OH excluding ortho intramolecular Hbond substituents is 1. The van der Waals surface area contributed by atoms with Gasteiger partial charge in [0.2, 0.25) is 0 Å². The van der Waals surface area contributed by atoms with E-state index in [-0.39, 0.29) is 5.75 Å². The standard InChI is InChI=1S/C21H30O5/c1-5-20(3,4)19(24)25-15(2)18(23)26-21(13-7-6-8-14-21)16-9-11-17(22)12-10-16/h9-12,15,22H,5-8,13-14H2,1-4H3. The summed E-state index contributed by atoms with van der Waals surface area (Å²) in [5.41, 5.74) is -0.478. The maximum Gasteiger partial charge on any atom is 0.348 e. The molecule has 0 radical (unpaired) electrons. The van der Waals surface area contributed by atoms with E-state index in [4.69, 9.17) is 9.47 Å². The first-order valence-electron chi connectivity index (χ1n) is 9.44. The van der Waals surface area contributed by atoms with Crippen LogP contribution in [0.25, 0.3) is 0 Å². The summed E-state index contributed by atoms with van der Waals surface area (Å²) in [5, 5.41) is 9.54. The van der Waals surface area contributed by atoms with Crippen molar-refractivity contribution >= 4 is 11.9 Å². The number of ether oxygens (including phenoxy) is 2. The summed E-state index contributed by atoms with van der Waals surface area (Å²) in [7, 11) is 0. The van der Waals surface area contributed by atoms with Crippen molar-refractivity contribution in [2.75, 3.05) is 0 Å². The van der Waals surface area contributed by atoms with Crippen LogP contribution in [0.5, 0.6) is 5.75 Å². The van der Waals surface area contributed by atoms with Crippen molar-refractivity contribution in [1.29, 1.82) is 0 Å². The van der Waals surface area contributed by atoms with E-state index in [1.807, 2.05) is 6.92 Å². The Labute approximate surface area is 155 Å². The van der Waals surface area contributed by atoms with Crippen LogP contribution in [0.4, 0.5) is 0 Å². The molecule has 1 unspecified atom stereocenters. The quantitative estimate of drug-likeness (QED) is 0.756. The molecule has 0 spiro atoms. The van der Waals surface area contributed by atoms with Gasteiger partial charge in [-0.25, -0.2) is 4.79 Å². The van der Waals surface area contributed by atoms with Gasteiger partial charge in [0.05, 0.1) is 5.41 Å². The molecule has 0 amide bonds. The zero-order valence-electron chi connectivity index (χ0n) is 16.2. The highest BCUT2D eigenvalue weighted by Crippen LogP contribution is 2.41. The number of hydrogen-bond acceptors (Lipinski definition) is 5. The average molecular weight is 362 g/mol. The van der Waals surface area contributed by atoms with Gasteiger partial charge in [0.1, 0.15) is 11.4 Å². The van der Waals surface area contributed by atoms with Gasteiger partial charge >= 0.3 is 11.9 Å². The van der Waals surface area contributed by atoms with Gasteiger partial charge in [-0.05, 0) is 70.6 Å². The highest BCUT2D eigenvalue weighted by molar-refractivity contribution is 5.81. The van der Waals surface area contributed by atoms with Crippen LogP contribution in [-0.4, -0.2) is 23.1 Å². The van der Waals surface area contributed by atoms with Gasteiger partial charge in [0.15, 0.2) is 6.10 Å². The Morgan fingerprint density at radius 2 is 1.73 bits per heavy atom. The average Bonchev–Trinajstić information content (AvgIpc) is 2.62. The van der Waals surface area contributed by atoms with Crippen molar-refractivity contribution in [2.24, 2.45) is 5.41 Å². The molecular formula is C21H30O5. The fourth-order valence-electron chi connectivity index (χ4n) is 3.13. The van der Waals surface area contributed by atoms with Crippen molar-refractivity contribution < 1.29 is 24.2 Å². The molecule has 0 bridgehead atoms. The lowest BCUT2D eigenvalue weighted by atomic mass is 9.79. The van der Waals surface area contributed by atoms with Crippen LogP contribution in [0.1, 0.15) is 71.8 Å². The van der Waals surface area contributed by atoms with Gasteiger partial charge in [0.25, 0.3) is 0 Å². The van der Waals surface area contributed by atoms with Crippen LogP contribution in [0.15, 0.2) is 24.3 Å². The SMILES string of the molecule is CCC(C)(C)C(=O)OC(C)C(=O)OC1(c2ccc(O)cc2)CCCCC1. The lowest BCUT2D eigenvalue weighted by molar-refractivity contribution is -0.185. The van der Waals surface area contributed by atoms with Crippen LogP contribution in [0.3, 0.4) is 0 Å². The normalized spacial score (nSPS) is 18.0. The second-order valence-corrected chi connectivity index (χ2v) is 7.81. The molecule has 0 saturated heterocycles. The Balaban J connectivity index is 2.14. The Hall–Kier alpha value is -2.04. The van der Waals surface area contributed by atoms with E-state index in [1.165, 1.54) is 0 Å². The van der Waals surface area contributed by atoms with E-state index in [2.05, 4.69) is 0 Å². The van der Waals surface area contributed by atoms with Crippen LogP contribution < -0.4 is 0 Å². The zero-order chi connectivity index (χ0) is 19.4. The van der Waals surface area contributed by atoms with Crippen LogP contribution >= 0.6 is 0 Å². The number of benzene rings is 1. The van der Waals surface area contributed by atoms with Crippen LogP contribution in [0, 0.1) is 5.41 Å². The minimum Gasteiger partial charge on any atom is -0.508 e. The molecule has 144 valence electrons. The van der Waals surface area contributed by atoms with Crippen molar-refractivity contribution in [3.8, 4) is 5.75 Å². The minimum atomic E-state index is -0.954. The molecule has 0 aromatic heterocycles. The summed E-state index contributed by atoms with van der Waals surface area (Å²) < 4.78 is 11.3. The number of phenols is 1. The summed E-state index contributed by atoms with van der Waals surface area (Å²) in [5.74, 6) is -0.748. The van der Waals surface area contributed by atoms with Gasteiger partial charge in [-0.1, -0.05) is 25.5 Å². The van der Waals surface area contributed by atoms with E-state index in [9.17, 15) is 14.7 Å². The molecule has 1 fully saturated rings. The predicted molar refractivity (Wildman–Crippen MR) is 98.6 cm³/mol. The first-order chi connectivity index (χ1) is 12.2. The Kier molecular flexibility index (Phi) is 6.32. The molecule has 1 aromatic rings. The number of carbonyl (C=O) groups is 2. The lowest BCUT2D eigenvalue weighted by Crippen LogP contribution is -2.40. The molecule has 5 nitrogen and oxygen atoms in total. The number of hydrogen-bond donors (Lipinski definition) is 1. The monoisotopic (exact) mass is 362 g/mol. The molecule has 1 aliphatic carbocycles. The Morgan fingerprint density at radius 1 is 1.15 bits per heavy atom. The third kappa shape index (κ3) is 4.57. The molecule has 5 heteroatoms. The molecule has 1 aromatic carbocycles. The summed E-state index contributed by atoms with van der Waals surface area (Å²) in [6, 6.07) is 6.80. The maximum absolute atomic E-state index is 12.7. The predicted octanol–water partition coefficient (Wildman–Crippen LogP) is 4.46. The molecule has 1 saturated carbocycles. The third-order valence-electron chi connectivity index (χ3n) is 5.40. The van der Waals surface area contributed by atoms with Crippen molar-refractivity contribution in [2.45, 2.75) is 77.9 Å². The Morgan fingerprint density at radius 3 is 2.27 bits per heavy atom. The number of aromatic hydroxyl groups is 1. The van der Waals surface area contributed by atoms with Crippen molar-refractivity contribution in [3.05, 3.63) is 29.8 Å². The van der Waals surface area contributed by atoms with Gasteiger partial charge in [-0.3, -0.25) is 4.79 Å². The van der Waals surface area contributed by atoms with E-state index in [0.29, 0.717) is 6.42 Å². The molecule has 1 atom stereocenters. The summed E-state index contributed by atoms with van der Waals surface area (Å²) in [4.78, 5) is 24.9. The fraction of sp³-hybridized carbons (Fsp3) is 0.619. The van der Waals surface area contributed by atoms with Gasteiger partial charge in [0, 0.05) is 0 Å². The Bertz CT molecular complexity index is 626. The molecular weight excluding hydrogens is 332 g/mol. The van der Waals surface area contributed by atoms with E-state index in [0.717, 1.165) is 37.7 Å². The topological polar surface area (TPSA) is 72.8 Å². The summed E-state index contributed by atoms with van der Waals surface area (Å²) in [6.07, 6.45) is 4.16. The van der Waals surface area contributed by atoms with Gasteiger partial charge in [-0.15, -0.1) is 0 Å². The van der Waals surface area contributed by atoms with Crippen LogP contribution in [0.2, 0.25) is 0 Å². The largest absolute Gasteiger partial charge is 0.508 e. The highest BCUT2D eigenvalue weighted by atomic mass is 16.6. The second kappa shape index (κ2) is 8.11. The molecule has 26 heavy (non-hydrogen) atoms. The van der Waals surface area contributed by atoms with E-state index in [1.54, 1.807) is 45.0 Å². The van der Waals surface area contributed by atoms with E-state index < -0.39 is 29.1 Å². The first-order valence-corrected chi connectivity index (χ1v) is 9.44. The molecule has 0 aliphatic heterocycles. The summed E-state index contributed by atoms with van der Waals surface area (Å²) in [6.45, 7) is 7.06. The second-order valence-electron chi connectivity index (χ2n) is 7.81. The number of carbonyl (C=O) groups excluding carboxylic acids is 2. The van der Waals surface area contributed by atoms with Crippen molar-refractivity contribution in [3.63, 3.8) is 0 Å². The maximum atomic E-state index is 12.7. The minimum absolute atomic E-state index is 0.176. The number of rotatable bonds is 6. The lowest BCUT2D eigenvalue weighted by Gasteiger charge is -2.38. The third-order valence-corrected chi connectivity index (χ3v) is 5.40. The van der Waals surface area contributed by atoms with E-state index >= 15 is 0 Å². The zero-order valence-corrected chi connectivity index (χ0v) is 16.2. The molecule has 0 heterocycles. The van der Waals surface area contributed by atoms with Gasteiger partial charge < -0.3 is 14.6 Å². The highest BCUT2D eigenvalue weighted by Gasteiger charge is 2.40. The number of esters is 2.